The number of aliphatic hydroxyl groups excluding tert-OH is 1. The molecule has 0 spiro atoms. The van der Waals surface area contributed by atoms with Gasteiger partial charge in [-0.15, -0.1) is 11.3 Å². The lowest BCUT2D eigenvalue weighted by atomic mass is 9.98. The first-order valence-electron chi connectivity index (χ1n) is 13.0. The number of hydrogen-bond donors (Lipinski definition) is 1. The van der Waals surface area contributed by atoms with Crippen LogP contribution in [0.15, 0.2) is 48.1 Å². The highest BCUT2D eigenvalue weighted by Gasteiger charge is 2.45. The van der Waals surface area contributed by atoms with Gasteiger partial charge in [0.2, 0.25) is 5.91 Å². The molecule has 0 radical (unpaired) electrons. The van der Waals surface area contributed by atoms with Crippen LogP contribution in [-0.2, 0) is 22.6 Å². The molecule has 3 atom stereocenters. The minimum absolute atomic E-state index is 0.0718. The van der Waals surface area contributed by atoms with Gasteiger partial charge in [0, 0.05) is 25.6 Å². The van der Waals surface area contributed by atoms with Crippen molar-refractivity contribution < 1.29 is 19.5 Å². The second-order valence-corrected chi connectivity index (χ2v) is 11.3. The number of amides is 2. The van der Waals surface area contributed by atoms with Crippen LogP contribution in [0.3, 0.4) is 0 Å². The molecule has 4 heterocycles. The summed E-state index contributed by atoms with van der Waals surface area (Å²) < 4.78 is 0. The van der Waals surface area contributed by atoms with Crippen LogP contribution in [0.1, 0.15) is 54.0 Å². The summed E-state index contributed by atoms with van der Waals surface area (Å²) in [6, 6.07) is 10.1. The third kappa shape index (κ3) is 5.00. The Morgan fingerprint density at radius 2 is 1.92 bits per heavy atom. The molecule has 38 heavy (non-hydrogen) atoms. The Morgan fingerprint density at radius 1 is 1.16 bits per heavy atom. The molecule has 1 fully saturated rings. The maximum atomic E-state index is 13.8. The average Bonchev–Trinajstić information content (AvgIpc) is 3.60. The number of fused-ring (bicyclic) bond motifs is 1. The average molecular weight is 533 g/mol. The van der Waals surface area contributed by atoms with Crippen molar-refractivity contribution in [3.63, 3.8) is 0 Å². The van der Waals surface area contributed by atoms with Crippen molar-refractivity contribution in [3.05, 3.63) is 70.6 Å². The summed E-state index contributed by atoms with van der Waals surface area (Å²) in [4.78, 5) is 53.1. The van der Waals surface area contributed by atoms with Gasteiger partial charge in [0.1, 0.15) is 6.04 Å². The number of aromatic nitrogens is 2. The highest BCUT2D eigenvalue weighted by Crippen LogP contribution is 2.30. The van der Waals surface area contributed by atoms with E-state index >= 15 is 0 Å². The molecular weight excluding hydrogens is 500 g/mol. The smallest absolute Gasteiger partial charge is 0.256 e. The number of carbonyl (C=O) groups is 3. The third-order valence-corrected chi connectivity index (χ3v) is 8.45. The van der Waals surface area contributed by atoms with Gasteiger partial charge >= 0.3 is 0 Å². The number of benzene rings is 1. The monoisotopic (exact) mass is 532 g/mol. The van der Waals surface area contributed by atoms with Gasteiger partial charge in [-0.2, -0.15) is 0 Å². The normalized spacial score (nSPS) is 19.8. The molecule has 9 heteroatoms. The van der Waals surface area contributed by atoms with Gasteiger partial charge in [0.25, 0.3) is 5.91 Å². The first-order valence-corrected chi connectivity index (χ1v) is 13.9. The van der Waals surface area contributed by atoms with E-state index in [-0.39, 0.29) is 49.4 Å². The fourth-order valence-corrected chi connectivity index (χ4v) is 6.33. The number of rotatable bonds is 8. The highest BCUT2D eigenvalue weighted by atomic mass is 32.1. The molecule has 8 nitrogen and oxygen atoms in total. The predicted octanol–water partition coefficient (Wildman–Crippen LogP) is 3.66. The number of Topliss-reactive ketones (excluding diaryl/α,β-unsaturated/α-hetero) is 1. The molecule has 1 N–H and O–H groups in total. The first-order chi connectivity index (χ1) is 18.2. The number of aryl methyl sites for hydroxylation is 2. The maximum absolute atomic E-state index is 13.8. The number of β-amino-alcohol motifs (C(OH)–C–C–N with tert-alkyl or cyclic N) is 1. The molecule has 2 amide bonds. The zero-order chi connectivity index (χ0) is 27.0. The minimum Gasteiger partial charge on any atom is -0.391 e. The predicted molar refractivity (Wildman–Crippen MR) is 144 cm³/mol. The van der Waals surface area contributed by atoms with E-state index in [4.69, 9.17) is 0 Å². The number of likely N-dealkylation sites (tertiary alicyclic amines) is 1. The molecule has 0 saturated carbocycles. The van der Waals surface area contributed by atoms with Crippen molar-refractivity contribution in [1.29, 1.82) is 0 Å². The van der Waals surface area contributed by atoms with Gasteiger partial charge in [-0.05, 0) is 42.5 Å². The van der Waals surface area contributed by atoms with E-state index in [9.17, 15) is 19.5 Å². The largest absolute Gasteiger partial charge is 0.391 e. The van der Waals surface area contributed by atoms with Crippen molar-refractivity contribution in [2.45, 2.75) is 64.8 Å². The third-order valence-electron chi connectivity index (χ3n) is 7.48. The standard InChI is InChI=1S/C29H32N4O4S/c1-17(2)26(33-15-23-22(28(33)36)5-4-12-30-23)29(37)32-14-21(34)13-24(32)25(35)11-8-19-6-9-20(10-7-19)27-18(3)31-16-38-27/h4-7,9-10,12,16-17,21,24,26,34H,8,11,13-15H2,1-3H3/t21-,24+,26+/m1/s1. The second-order valence-electron chi connectivity index (χ2n) is 10.4. The summed E-state index contributed by atoms with van der Waals surface area (Å²) in [6.07, 6.45) is 1.91. The van der Waals surface area contributed by atoms with Gasteiger partial charge in [-0.3, -0.25) is 19.4 Å². The lowest BCUT2D eigenvalue weighted by molar-refractivity contribution is -0.142. The molecule has 1 saturated heterocycles. The molecule has 0 aliphatic carbocycles. The van der Waals surface area contributed by atoms with Crippen molar-refractivity contribution in [2.24, 2.45) is 5.92 Å². The van der Waals surface area contributed by atoms with E-state index in [1.807, 2.05) is 50.5 Å². The minimum atomic E-state index is -0.768. The number of nitrogens with zero attached hydrogens (tertiary/aromatic N) is 4. The Hall–Kier alpha value is -3.43. The quantitative estimate of drug-likeness (QED) is 0.475. The number of carbonyl (C=O) groups excluding carboxylic acids is 3. The van der Waals surface area contributed by atoms with Gasteiger partial charge in [-0.1, -0.05) is 38.1 Å². The number of aliphatic hydroxyl groups is 1. The van der Waals surface area contributed by atoms with E-state index in [2.05, 4.69) is 9.97 Å². The first kappa shape index (κ1) is 26.2. The van der Waals surface area contributed by atoms with Crippen LogP contribution in [0.2, 0.25) is 0 Å². The van der Waals surface area contributed by atoms with E-state index in [0.29, 0.717) is 17.7 Å². The summed E-state index contributed by atoms with van der Waals surface area (Å²) in [7, 11) is 0. The van der Waals surface area contributed by atoms with Crippen LogP contribution < -0.4 is 0 Å². The summed E-state index contributed by atoms with van der Waals surface area (Å²) in [5.41, 5.74) is 6.13. The number of pyridine rings is 1. The molecule has 198 valence electrons. The van der Waals surface area contributed by atoms with Crippen LogP contribution in [0, 0.1) is 12.8 Å². The van der Waals surface area contributed by atoms with Crippen molar-refractivity contribution in [1.82, 2.24) is 19.8 Å². The van der Waals surface area contributed by atoms with Crippen molar-refractivity contribution >= 4 is 28.9 Å². The van der Waals surface area contributed by atoms with Gasteiger partial charge < -0.3 is 14.9 Å². The Kier molecular flexibility index (Phi) is 7.40. The molecule has 0 unspecified atom stereocenters. The van der Waals surface area contributed by atoms with Crippen molar-refractivity contribution in [3.8, 4) is 10.4 Å². The Balaban J connectivity index is 1.27. The summed E-state index contributed by atoms with van der Waals surface area (Å²) >= 11 is 1.60. The molecular formula is C29H32N4O4S. The highest BCUT2D eigenvalue weighted by molar-refractivity contribution is 7.13. The Morgan fingerprint density at radius 3 is 2.58 bits per heavy atom. The molecule has 3 aromatic rings. The number of hydrogen-bond acceptors (Lipinski definition) is 7. The van der Waals surface area contributed by atoms with Crippen LogP contribution in [0.4, 0.5) is 0 Å². The lowest BCUT2D eigenvalue weighted by Gasteiger charge is -2.35. The molecule has 2 aromatic heterocycles. The molecule has 1 aromatic carbocycles. The van der Waals surface area contributed by atoms with E-state index in [1.54, 1.807) is 34.6 Å². The molecule has 0 bridgehead atoms. The zero-order valence-corrected chi connectivity index (χ0v) is 22.6. The van der Waals surface area contributed by atoms with E-state index < -0.39 is 18.2 Å². The van der Waals surface area contributed by atoms with Crippen LogP contribution in [0.5, 0.6) is 0 Å². The number of ketones is 1. The van der Waals surface area contributed by atoms with E-state index in [0.717, 1.165) is 21.7 Å². The fraction of sp³-hybridized carbons (Fsp3) is 0.414. The van der Waals surface area contributed by atoms with Gasteiger partial charge in [0.05, 0.1) is 46.0 Å². The Bertz CT molecular complexity index is 1350. The van der Waals surface area contributed by atoms with Crippen LogP contribution >= 0.6 is 11.3 Å². The van der Waals surface area contributed by atoms with Gasteiger partial charge in [-0.25, -0.2) is 4.98 Å². The summed E-state index contributed by atoms with van der Waals surface area (Å²) in [5.74, 6) is -0.757. The lowest BCUT2D eigenvalue weighted by Crippen LogP contribution is -2.54. The van der Waals surface area contributed by atoms with Gasteiger partial charge in [0.15, 0.2) is 5.78 Å². The zero-order valence-electron chi connectivity index (χ0n) is 21.8. The SMILES string of the molecule is Cc1ncsc1-c1ccc(CCC(=O)[C@@H]2C[C@@H](O)CN2C(=O)[C@H](C(C)C)N2Cc3ncccc3C2=O)cc1. The number of thiazole rings is 1. The maximum Gasteiger partial charge on any atom is 0.256 e. The topological polar surface area (TPSA) is 104 Å². The van der Waals surface area contributed by atoms with Crippen LogP contribution in [-0.4, -0.2) is 67.2 Å². The summed E-state index contributed by atoms with van der Waals surface area (Å²) in [5, 5.41) is 10.4. The second kappa shape index (κ2) is 10.7. The van der Waals surface area contributed by atoms with Crippen LogP contribution in [0.25, 0.3) is 10.4 Å². The Labute approximate surface area is 226 Å². The molecule has 2 aliphatic heterocycles. The van der Waals surface area contributed by atoms with E-state index in [1.165, 1.54) is 4.90 Å². The van der Waals surface area contributed by atoms with Crippen molar-refractivity contribution in [2.75, 3.05) is 6.54 Å². The molecule has 2 aliphatic rings. The summed E-state index contributed by atoms with van der Waals surface area (Å²) in [6.45, 7) is 6.13. The molecule has 5 rings (SSSR count). The fourth-order valence-electron chi connectivity index (χ4n) is 5.52.